The van der Waals surface area contributed by atoms with Gasteiger partial charge in [0.25, 0.3) is 0 Å². The highest BCUT2D eigenvalue weighted by Crippen LogP contribution is 2.35. The number of H-pyrrole nitrogens is 1. The van der Waals surface area contributed by atoms with Gasteiger partial charge in [0.05, 0.1) is 16.2 Å². The summed E-state index contributed by atoms with van der Waals surface area (Å²) in [5, 5.41) is 12.5. The minimum atomic E-state index is -0.500. The van der Waals surface area contributed by atoms with E-state index in [0.717, 1.165) is 21.0 Å². The van der Waals surface area contributed by atoms with E-state index in [-0.39, 0.29) is 0 Å². The average Bonchev–Trinajstić information content (AvgIpc) is 2.83. The van der Waals surface area contributed by atoms with Gasteiger partial charge in [0.2, 0.25) is 0 Å². The first-order valence-electron chi connectivity index (χ1n) is 6.36. The molecule has 0 saturated carbocycles. The molecule has 102 valence electrons. The molecule has 0 amide bonds. The lowest BCUT2D eigenvalue weighted by atomic mass is 10.1. The van der Waals surface area contributed by atoms with Crippen LogP contribution >= 0.6 is 23.4 Å². The van der Waals surface area contributed by atoms with Crippen LogP contribution in [0.3, 0.4) is 0 Å². The first kappa shape index (κ1) is 13.6. The fraction of sp³-hybridized carbons (Fsp3) is 0.125. The maximum atomic E-state index is 9.55. The normalized spacial score (nSPS) is 12.8. The van der Waals surface area contributed by atoms with Gasteiger partial charge in [-0.3, -0.25) is 0 Å². The van der Waals surface area contributed by atoms with E-state index >= 15 is 0 Å². The number of para-hydroxylation sites is 1. The van der Waals surface area contributed by atoms with E-state index in [1.54, 1.807) is 18.7 Å². The van der Waals surface area contributed by atoms with Gasteiger partial charge in [-0.2, -0.15) is 0 Å². The monoisotopic (exact) mass is 303 g/mol. The second-order valence-electron chi connectivity index (χ2n) is 4.69. The fourth-order valence-corrected chi connectivity index (χ4v) is 3.26. The van der Waals surface area contributed by atoms with Crippen LogP contribution in [-0.2, 0) is 0 Å². The van der Waals surface area contributed by atoms with Crippen LogP contribution in [0, 0.1) is 0 Å². The van der Waals surface area contributed by atoms with Crippen LogP contribution in [0.15, 0.2) is 58.5 Å². The zero-order valence-corrected chi connectivity index (χ0v) is 12.5. The maximum absolute atomic E-state index is 9.55. The molecule has 3 rings (SSSR count). The number of rotatable bonds is 3. The second kappa shape index (κ2) is 5.52. The van der Waals surface area contributed by atoms with Gasteiger partial charge in [0.1, 0.15) is 0 Å². The number of nitrogens with one attached hydrogen (secondary N) is 1. The Labute approximate surface area is 126 Å². The summed E-state index contributed by atoms with van der Waals surface area (Å²) in [5.74, 6) is 0. The highest BCUT2D eigenvalue weighted by atomic mass is 35.5. The van der Waals surface area contributed by atoms with Crippen LogP contribution in [-0.4, -0.2) is 10.1 Å². The fourth-order valence-electron chi connectivity index (χ4n) is 2.08. The Kier molecular flexibility index (Phi) is 3.74. The highest BCUT2D eigenvalue weighted by molar-refractivity contribution is 7.99. The van der Waals surface area contributed by atoms with Crippen molar-refractivity contribution in [3.8, 4) is 0 Å². The molecule has 0 unspecified atom stereocenters. The molecule has 2 nitrogen and oxygen atoms in total. The first-order chi connectivity index (χ1) is 9.63. The van der Waals surface area contributed by atoms with Gasteiger partial charge in [-0.25, -0.2) is 0 Å². The molecular formula is C16H14ClNOS. The van der Waals surface area contributed by atoms with E-state index in [9.17, 15) is 5.11 Å². The van der Waals surface area contributed by atoms with E-state index in [4.69, 9.17) is 11.6 Å². The molecule has 0 aliphatic rings. The van der Waals surface area contributed by atoms with Crippen molar-refractivity contribution >= 4 is 34.3 Å². The summed E-state index contributed by atoms with van der Waals surface area (Å²) in [4.78, 5) is 4.34. The van der Waals surface area contributed by atoms with Gasteiger partial charge < -0.3 is 10.1 Å². The molecule has 0 aliphatic heterocycles. The number of hydrogen-bond acceptors (Lipinski definition) is 2. The lowest BCUT2D eigenvalue weighted by molar-refractivity contribution is 0.199. The number of aromatic nitrogens is 1. The number of aliphatic hydroxyl groups excluding tert-OH is 1. The molecule has 0 saturated heterocycles. The van der Waals surface area contributed by atoms with Crippen LogP contribution in [0.4, 0.5) is 0 Å². The first-order valence-corrected chi connectivity index (χ1v) is 7.56. The van der Waals surface area contributed by atoms with Crippen molar-refractivity contribution < 1.29 is 5.11 Å². The van der Waals surface area contributed by atoms with Gasteiger partial charge in [-0.1, -0.05) is 47.6 Å². The van der Waals surface area contributed by atoms with Crippen LogP contribution < -0.4 is 0 Å². The number of aliphatic hydroxyl groups is 1. The molecule has 2 aromatic carbocycles. The summed E-state index contributed by atoms with van der Waals surface area (Å²) in [6, 6.07) is 15.9. The van der Waals surface area contributed by atoms with Gasteiger partial charge in [0.15, 0.2) is 0 Å². The molecule has 1 aromatic heterocycles. The molecule has 1 atom stereocenters. The Morgan fingerprint density at radius 3 is 2.65 bits per heavy atom. The average molecular weight is 304 g/mol. The molecule has 3 aromatic rings. The van der Waals surface area contributed by atoms with E-state index < -0.39 is 6.10 Å². The standard InChI is InChI=1S/C16H14ClNOS/c1-10(19)11-6-7-15(13(17)8-11)20-16-9-12-4-2-3-5-14(12)18-16/h2-10,18-19H,1H3/t10-/m1/s1. The molecule has 20 heavy (non-hydrogen) atoms. The Balaban J connectivity index is 1.90. The zero-order chi connectivity index (χ0) is 14.1. The van der Waals surface area contributed by atoms with Crippen LogP contribution in [0.5, 0.6) is 0 Å². The lowest BCUT2D eigenvalue weighted by Crippen LogP contribution is -1.90. The highest BCUT2D eigenvalue weighted by Gasteiger charge is 2.08. The number of fused-ring (bicyclic) bond motifs is 1. The van der Waals surface area contributed by atoms with E-state index in [2.05, 4.69) is 23.2 Å². The van der Waals surface area contributed by atoms with Gasteiger partial charge in [-0.15, -0.1) is 0 Å². The molecule has 0 radical (unpaired) electrons. The van der Waals surface area contributed by atoms with Gasteiger partial charge in [0, 0.05) is 15.8 Å². The molecule has 4 heteroatoms. The molecule has 0 bridgehead atoms. The van der Waals surface area contributed by atoms with E-state index in [1.165, 1.54) is 5.39 Å². The summed E-state index contributed by atoms with van der Waals surface area (Å²) in [5.41, 5.74) is 1.95. The summed E-state index contributed by atoms with van der Waals surface area (Å²) in [6.07, 6.45) is -0.500. The summed E-state index contributed by atoms with van der Waals surface area (Å²) >= 11 is 7.87. The quantitative estimate of drug-likeness (QED) is 0.712. The van der Waals surface area contributed by atoms with Gasteiger partial charge >= 0.3 is 0 Å². The van der Waals surface area contributed by atoms with Crippen molar-refractivity contribution in [1.29, 1.82) is 0 Å². The van der Waals surface area contributed by atoms with Crippen LogP contribution in [0.25, 0.3) is 10.9 Å². The third-order valence-corrected chi connectivity index (χ3v) is 4.60. The zero-order valence-electron chi connectivity index (χ0n) is 10.9. The molecular weight excluding hydrogens is 290 g/mol. The molecule has 0 aliphatic carbocycles. The lowest BCUT2D eigenvalue weighted by Gasteiger charge is -2.08. The van der Waals surface area contributed by atoms with Crippen molar-refractivity contribution in [3.63, 3.8) is 0 Å². The van der Waals surface area contributed by atoms with E-state index in [0.29, 0.717) is 5.02 Å². The maximum Gasteiger partial charge on any atom is 0.0781 e. The number of hydrogen-bond donors (Lipinski definition) is 2. The largest absolute Gasteiger partial charge is 0.389 e. The Morgan fingerprint density at radius 1 is 1.15 bits per heavy atom. The predicted molar refractivity (Wildman–Crippen MR) is 84.5 cm³/mol. The Bertz CT molecular complexity index is 718. The van der Waals surface area contributed by atoms with Crippen molar-refractivity contribution in [3.05, 3.63) is 59.1 Å². The third-order valence-electron chi connectivity index (χ3n) is 3.16. The van der Waals surface area contributed by atoms with E-state index in [1.807, 2.05) is 30.3 Å². The minimum Gasteiger partial charge on any atom is -0.389 e. The molecule has 2 N–H and O–H groups in total. The summed E-state index contributed by atoms with van der Waals surface area (Å²) in [7, 11) is 0. The second-order valence-corrected chi connectivity index (χ2v) is 6.18. The predicted octanol–water partition coefficient (Wildman–Crippen LogP) is 5.03. The Hall–Kier alpha value is -1.42. The molecule has 0 fully saturated rings. The topological polar surface area (TPSA) is 36.0 Å². The van der Waals surface area contributed by atoms with Crippen LogP contribution in [0.2, 0.25) is 5.02 Å². The summed E-state index contributed by atoms with van der Waals surface area (Å²) in [6.45, 7) is 1.73. The van der Waals surface area contributed by atoms with Crippen molar-refractivity contribution in [2.24, 2.45) is 0 Å². The summed E-state index contributed by atoms with van der Waals surface area (Å²) < 4.78 is 0. The number of halogens is 1. The SMILES string of the molecule is C[C@@H](O)c1ccc(Sc2cc3ccccc3[nH]2)c(Cl)c1. The van der Waals surface area contributed by atoms with Gasteiger partial charge in [-0.05, 0) is 36.8 Å². The van der Waals surface area contributed by atoms with Crippen molar-refractivity contribution in [1.82, 2.24) is 4.98 Å². The third kappa shape index (κ3) is 2.70. The van der Waals surface area contributed by atoms with Crippen molar-refractivity contribution in [2.75, 3.05) is 0 Å². The van der Waals surface area contributed by atoms with Crippen molar-refractivity contribution in [2.45, 2.75) is 22.9 Å². The molecule has 1 heterocycles. The number of aromatic amines is 1. The molecule has 0 spiro atoms. The number of benzene rings is 2. The smallest absolute Gasteiger partial charge is 0.0781 e. The van der Waals surface area contributed by atoms with Crippen LogP contribution in [0.1, 0.15) is 18.6 Å². The Morgan fingerprint density at radius 2 is 1.95 bits per heavy atom. The minimum absolute atomic E-state index is 0.500.